The van der Waals surface area contributed by atoms with E-state index in [1.54, 1.807) is 6.07 Å². The normalized spacial score (nSPS) is 12.3. The van der Waals surface area contributed by atoms with Crippen LogP contribution in [-0.4, -0.2) is 10.8 Å². The van der Waals surface area contributed by atoms with Crippen molar-refractivity contribution in [3.8, 4) is 0 Å². The molecule has 1 amide bonds. The predicted octanol–water partition coefficient (Wildman–Crippen LogP) is 3.82. The molecule has 3 aromatic carbocycles. The SMILES string of the molecule is Nc1c(C(=O)Nc2ccc3c4c(cccc24)CC3)cc(F)cc1[N+](=O)[O-]. The number of rotatable bonds is 3. The second-order valence-corrected chi connectivity index (χ2v) is 6.21. The number of nitro benzene ring substituents is 1. The first kappa shape index (κ1) is 16.0. The van der Waals surface area contributed by atoms with Crippen LogP contribution in [0.15, 0.2) is 42.5 Å². The first-order valence-corrected chi connectivity index (χ1v) is 8.04. The first-order chi connectivity index (χ1) is 12.5. The largest absolute Gasteiger partial charge is 0.393 e. The van der Waals surface area contributed by atoms with Crippen LogP contribution in [0.5, 0.6) is 0 Å². The van der Waals surface area contributed by atoms with Crippen LogP contribution in [0.3, 0.4) is 0 Å². The molecule has 26 heavy (non-hydrogen) atoms. The second-order valence-electron chi connectivity index (χ2n) is 6.21. The summed E-state index contributed by atoms with van der Waals surface area (Å²) in [5.41, 5.74) is 7.45. The number of benzene rings is 3. The highest BCUT2D eigenvalue weighted by Gasteiger charge is 2.23. The Morgan fingerprint density at radius 1 is 1.15 bits per heavy atom. The number of nitrogens with two attached hydrogens (primary N) is 1. The van der Waals surface area contributed by atoms with Gasteiger partial charge in [0.05, 0.1) is 16.6 Å². The summed E-state index contributed by atoms with van der Waals surface area (Å²) in [6.45, 7) is 0. The minimum atomic E-state index is -0.892. The maximum absolute atomic E-state index is 13.7. The van der Waals surface area contributed by atoms with Gasteiger partial charge in [0, 0.05) is 11.1 Å². The fraction of sp³-hybridized carbons (Fsp3) is 0.105. The molecule has 0 aromatic heterocycles. The molecule has 0 aliphatic heterocycles. The van der Waals surface area contributed by atoms with E-state index >= 15 is 0 Å². The highest BCUT2D eigenvalue weighted by atomic mass is 19.1. The van der Waals surface area contributed by atoms with Crippen molar-refractivity contribution in [1.82, 2.24) is 0 Å². The summed E-state index contributed by atoms with van der Waals surface area (Å²) in [5.74, 6) is -1.58. The lowest BCUT2D eigenvalue weighted by atomic mass is 10.0. The van der Waals surface area contributed by atoms with Crippen molar-refractivity contribution < 1.29 is 14.1 Å². The Kier molecular flexibility index (Phi) is 3.57. The molecule has 1 aliphatic carbocycles. The van der Waals surface area contributed by atoms with Gasteiger partial charge in [0.2, 0.25) is 0 Å². The number of carbonyl (C=O) groups excluding carboxylic acids is 1. The van der Waals surface area contributed by atoms with Crippen molar-refractivity contribution in [3.63, 3.8) is 0 Å². The summed E-state index contributed by atoms with van der Waals surface area (Å²) >= 11 is 0. The molecule has 1 aliphatic rings. The van der Waals surface area contributed by atoms with Crippen LogP contribution in [0.25, 0.3) is 10.8 Å². The number of hydrogen-bond donors (Lipinski definition) is 2. The number of carbonyl (C=O) groups is 1. The van der Waals surface area contributed by atoms with Gasteiger partial charge in [0.15, 0.2) is 0 Å². The van der Waals surface area contributed by atoms with Crippen molar-refractivity contribution in [3.05, 3.63) is 75.1 Å². The van der Waals surface area contributed by atoms with Crippen LogP contribution in [-0.2, 0) is 12.8 Å². The number of amides is 1. The van der Waals surface area contributed by atoms with Crippen LogP contribution in [0, 0.1) is 15.9 Å². The standard InChI is InChI=1S/C19H14FN3O3/c20-12-8-14(18(21)16(9-12)23(25)26)19(24)22-15-7-6-11-5-4-10-2-1-3-13(15)17(10)11/h1-3,6-9H,4-5,21H2,(H,22,24). The number of nitrogens with zero attached hydrogens (tertiary/aromatic N) is 1. The van der Waals surface area contributed by atoms with Crippen LogP contribution in [0.2, 0.25) is 0 Å². The maximum atomic E-state index is 13.7. The molecule has 0 saturated heterocycles. The van der Waals surface area contributed by atoms with Crippen LogP contribution in [0.1, 0.15) is 21.5 Å². The van der Waals surface area contributed by atoms with Gasteiger partial charge in [-0.3, -0.25) is 14.9 Å². The zero-order valence-electron chi connectivity index (χ0n) is 13.6. The van der Waals surface area contributed by atoms with Crippen LogP contribution < -0.4 is 11.1 Å². The Balaban J connectivity index is 1.77. The van der Waals surface area contributed by atoms with E-state index in [9.17, 15) is 19.3 Å². The smallest absolute Gasteiger partial charge is 0.295 e. The second kappa shape index (κ2) is 5.80. The van der Waals surface area contributed by atoms with Gasteiger partial charge in [-0.1, -0.05) is 24.3 Å². The molecule has 130 valence electrons. The van der Waals surface area contributed by atoms with E-state index in [0.717, 1.165) is 29.7 Å². The minimum Gasteiger partial charge on any atom is -0.393 e. The molecular weight excluding hydrogens is 337 g/mol. The van der Waals surface area contributed by atoms with E-state index in [-0.39, 0.29) is 11.3 Å². The number of aryl methyl sites for hydroxylation is 2. The molecule has 6 nitrogen and oxygen atoms in total. The Bertz CT molecular complexity index is 1080. The van der Waals surface area contributed by atoms with Crippen molar-refractivity contribution >= 4 is 33.7 Å². The Hall–Kier alpha value is -3.48. The van der Waals surface area contributed by atoms with Gasteiger partial charge >= 0.3 is 0 Å². The lowest BCUT2D eigenvalue weighted by Gasteiger charge is -2.12. The lowest BCUT2D eigenvalue weighted by Crippen LogP contribution is -2.15. The fourth-order valence-electron chi connectivity index (χ4n) is 3.49. The molecule has 0 spiro atoms. The zero-order chi connectivity index (χ0) is 18.4. The average Bonchev–Trinajstić information content (AvgIpc) is 3.03. The molecule has 0 atom stereocenters. The summed E-state index contributed by atoms with van der Waals surface area (Å²) in [6.07, 6.45) is 1.90. The predicted molar refractivity (Wildman–Crippen MR) is 96.8 cm³/mol. The Labute approximate surface area is 147 Å². The molecule has 3 N–H and O–H groups in total. The topological polar surface area (TPSA) is 98.3 Å². The molecular formula is C19H14FN3O3. The van der Waals surface area contributed by atoms with Crippen molar-refractivity contribution in [2.75, 3.05) is 11.1 Å². The van der Waals surface area contributed by atoms with E-state index in [1.807, 2.05) is 18.2 Å². The van der Waals surface area contributed by atoms with Crippen LogP contribution in [0.4, 0.5) is 21.5 Å². The lowest BCUT2D eigenvalue weighted by molar-refractivity contribution is -0.384. The highest BCUT2D eigenvalue weighted by molar-refractivity contribution is 6.13. The molecule has 0 fully saturated rings. The third kappa shape index (κ3) is 2.45. The maximum Gasteiger partial charge on any atom is 0.295 e. The third-order valence-electron chi connectivity index (χ3n) is 4.69. The summed E-state index contributed by atoms with van der Waals surface area (Å²) in [4.78, 5) is 22.8. The van der Waals surface area contributed by atoms with E-state index in [4.69, 9.17) is 5.73 Å². The van der Waals surface area contributed by atoms with Crippen molar-refractivity contribution in [2.45, 2.75) is 12.8 Å². The summed E-state index contributed by atoms with van der Waals surface area (Å²) in [5, 5.41) is 15.7. The number of nitrogens with one attached hydrogen (secondary N) is 1. The molecule has 4 rings (SSSR count). The Morgan fingerprint density at radius 3 is 2.62 bits per heavy atom. The van der Waals surface area contributed by atoms with E-state index in [0.29, 0.717) is 11.8 Å². The van der Waals surface area contributed by atoms with Gasteiger partial charge in [-0.05, 0) is 41.5 Å². The zero-order valence-corrected chi connectivity index (χ0v) is 13.6. The molecule has 0 unspecified atom stereocenters. The Morgan fingerprint density at radius 2 is 1.88 bits per heavy atom. The summed E-state index contributed by atoms with van der Waals surface area (Å²) < 4.78 is 13.7. The molecule has 0 radical (unpaired) electrons. The molecule has 3 aromatic rings. The molecule has 0 saturated carbocycles. The first-order valence-electron chi connectivity index (χ1n) is 8.04. The fourth-order valence-corrected chi connectivity index (χ4v) is 3.49. The van der Waals surface area contributed by atoms with Gasteiger partial charge in [0.1, 0.15) is 11.5 Å². The molecule has 0 heterocycles. The van der Waals surface area contributed by atoms with Gasteiger partial charge in [0.25, 0.3) is 11.6 Å². The molecule has 0 bridgehead atoms. The van der Waals surface area contributed by atoms with E-state index in [2.05, 4.69) is 11.4 Å². The van der Waals surface area contributed by atoms with Gasteiger partial charge in [-0.25, -0.2) is 4.39 Å². The quantitative estimate of drug-likeness (QED) is 0.426. The van der Waals surface area contributed by atoms with E-state index < -0.39 is 22.3 Å². The van der Waals surface area contributed by atoms with Gasteiger partial charge in [-0.2, -0.15) is 0 Å². The highest BCUT2D eigenvalue weighted by Crippen LogP contribution is 2.35. The van der Waals surface area contributed by atoms with Crippen molar-refractivity contribution in [2.24, 2.45) is 0 Å². The summed E-state index contributed by atoms with van der Waals surface area (Å²) in [7, 11) is 0. The van der Waals surface area contributed by atoms with Gasteiger partial charge < -0.3 is 11.1 Å². The third-order valence-corrected chi connectivity index (χ3v) is 4.69. The monoisotopic (exact) mass is 351 g/mol. The number of nitrogen functional groups attached to an aromatic ring is 1. The van der Waals surface area contributed by atoms with Crippen LogP contribution >= 0.6 is 0 Å². The minimum absolute atomic E-state index is 0.264. The molecule has 7 heteroatoms. The van der Waals surface area contributed by atoms with Gasteiger partial charge in [-0.15, -0.1) is 0 Å². The number of hydrogen-bond acceptors (Lipinski definition) is 4. The number of nitro groups is 1. The average molecular weight is 351 g/mol. The van der Waals surface area contributed by atoms with E-state index in [1.165, 1.54) is 11.1 Å². The number of halogens is 1. The number of anilines is 2. The van der Waals surface area contributed by atoms with Crippen molar-refractivity contribution in [1.29, 1.82) is 0 Å². The summed E-state index contributed by atoms with van der Waals surface area (Å²) in [6, 6.07) is 11.2.